The van der Waals surface area contributed by atoms with Crippen LogP contribution in [0.25, 0.3) is 22.0 Å². The number of amides is 1. The van der Waals surface area contributed by atoms with E-state index < -0.39 is 0 Å². The van der Waals surface area contributed by atoms with Gasteiger partial charge in [-0.1, -0.05) is 36.4 Å². The summed E-state index contributed by atoms with van der Waals surface area (Å²) in [5, 5.41) is 3.23. The summed E-state index contributed by atoms with van der Waals surface area (Å²) in [6, 6.07) is 16.1. The molecule has 4 nitrogen and oxygen atoms in total. The first-order valence-corrected chi connectivity index (χ1v) is 8.86. The minimum Gasteiger partial charge on any atom is -0.459 e. The first-order valence-electron chi connectivity index (χ1n) is 8.04. The molecule has 0 radical (unpaired) electrons. The highest BCUT2D eigenvalue weighted by atomic mass is 32.1. The molecule has 0 bridgehead atoms. The van der Waals surface area contributed by atoms with Gasteiger partial charge in [0.15, 0.2) is 10.9 Å². The maximum atomic E-state index is 12.5. The van der Waals surface area contributed by atoms with E-state index in [2.05, 4.69) is 36.4 Å². The van der Waals surface area contributed by atoms with Gasteiger partial charge in [0.1, 0.15) is 0 Å². The Kier molecular flexibility index (Phi) is 3.05. The Morgan fingerprint density at radius 3 is 2.88 bits per heavy atom. The largest absolute Gasteiger partial charge is 0.459 e. The summed E-state index contributed by atoms with van der Waals surface area (Å²) < 4.78 is 5.21. The Bertz CT molecular complexity index is 1110. The molecular formula is C20H14N2O2S. The molecule has 1 amide bonds. The molecule has 0 atom stereocenters. The van der Waals surface area contributed by atoms with Crippen molar-refractivity contribution in [2.45, 2.75) is 6.42 Å². The molecule has 2 heterocycles. The minimum atomic E-state index is -0.184. The predicted octanol–water partition coefficient (Wildman–Crippen LogP) is 4.74. The van der Waals surface area contributed by atoms with Crippen molar-refractivity contribution in [1.29, 1.82) is 0 Å². The third-order valence-corrected chi connectivity index (χ3v) is 5.77. The average Bonchev–Trinajstić information content (AvgIpc) is 3.36. The molecule has 0 saturated heterocycles. The molecule has 2 aromatic heterocycles. The lowest BCUT2D eigenvalue weighted by molar-refractivity contribution is 0.0966. The van der Waals surface area contributed by atoms with Crippen LogP contribution in [0.1, 0.15) is 21.0 Å². The number of thiazole rings is 1. The van der Waals surface area contributed by atoms with Crippen molar-refractivity contribution < 1.29 is 9.21 Å². The maximum Gasteiger partial charge on any atom is 0.295 e. The van der Waals surface area contributed by atoms with E-state index in [4.69, 9.17) is 9.40 Å². The van der Waals surface area contributed by atoms with Crippen LogP contribution in [0.5, 0.6) is 0 Å². The monoisotopic (exact) mass is 346 g/mol. The fourth-order valence-corrected chi connectivity index (χ4v) is 4.42. The molecule has 0 saturated carbocycles. The van der Waals surface area contributed by atoms with Gasteiger partial charge in [-0.15, -0.1) is 11.3 Å². The van der Waals surface area contributed by atoms with Crippen molar-refractivity contribution in [3.05, 3.63) is 71.0 Å². The molecule has 0 spiro atoms. The van der Waals surface area contributed by atoms with Crippen molar-refractivity contribution >= 4 is 33.1 Å². The van der Waals surface area contributed by atoms with E-state index in [-0.39, 0.29) is 5.91 Å². The second-order valence-corrected chi connectivity index (χ2v) is 7.16. The summed E-state index contributed by atoms with van der Waals surface area (Å²) in [5.74, 6) is 0.139. The van der Waals surface area contributed by atoms with Gasteiger partial charge in [0.05, 0.1) is 12.0 Å². The number of nitrogens with zero attached hydrogens (tertiary/aromatic N) is 2. The Labute approximate surface area is 148 Å². The summed E-state index contributed by atoms with van der Waals surface area (Å²) in [5.41, 5.74) is 3.51. The summed E-state index contributed by atoms with van der Waals surface area (Å²) in [7, 11) is 1.74. The van der Waals surface area contributed by atoms with Crippen LogP contribution < -0.4 is 4.90 Å². The predicted molar refractivity (Wildman–Crippen MR) is 99.3 cm³/mol. The lowest BCUT2D eigenvalue weighted by Gasteiger charge is -2.12. The minimum absolute atomic E-state index is 0.184. The van der Waals surface area contributed by atoms with Gasteiger partial charge in [-0.3, -0.25) is 9.69 Å². The third kappa shape index (κ3) is 2.13. The Hall–Kier alpha value is -2.92. The number of furan rings is 1. The van der Waals surface area contributed by atoms with E-state index in [9.17, 15) is 4.79 Å². The Morgan fingerprint density at radius 1 is 1.16 bits per heavy atom. The van der Waals surface area contributed by atoms with Crippen molar-refractivity contribution in [2.75, 3.05) is 11.9 Å². The Balaban J connectivity index is 1.56. The quantitative estimate of drug-likeness (QED) is 0.464. The van der Waals surface area contributed by atoms with Crippen LogP contribution in [-0.2, 0) is 6.42 Å². The molecule has 0 unspecified atom stereocenters. The summed E-state index contributed by atoms with van der Waals surface area (Å²) >= 11 is 1.57. The number of anilines is 1. The van der Waals surface area contributed by atoms with E-state index in [1.807, 2.05) is 0 Å². The highest BCUT2D eigenvalue weighted by Gasteiger charge is 2.27. The number of carbonyl (C=O) groups excluding carboxylic acids is 1. The second-order valence-electron chi connectivity index (χ2n) is 6.10. The average molecular weight is 346 g/mol. The van der Waals surface area contributed by atoms with Crippen LogP contribution in [0, 0.1) is 0 Å². The number of benzene rings is 2. The van der Waals surface area contributed by atoms with E-state index in [0.717, 1.165) is 12.1 Å². The number of hydrogen-bond donors (Lipinski definition) is 0. The highest BCUT2D eigenvalue weighted by Crippen LogP contribution is 2.44. The van der Waals surface area contributed by atoms with Crippen LogP contribution in [0.2, 0.25) is 0 Å². The van der Waals surface area contributed by atoms with Crippen molar-refractivity contribution in [3.8, 4) is 11.3 Å². The Morgan fingerprint density at radius 2 is 2.04 bits per heavy atom. The standard InChI is InChI=1S/C20H14N2O2S/c1-22(19(23)16-7-4-10-24-16)20-21-18-14-9-8-12-5-2-3-6-13(12)15(14)11-17(18)25-20/h2-10H,11H2,1H3. The molecule has 25 heavy (non-hydrogen) atoms. The molecule has 5 heteroatoms. The molecule has 122 valence electrons. The number of carbonyl (C=O) groups is 1. The smallest absolute Gasteiger partial charge is 0.295 e. The van der Waals surface area contributed by atoms with Crippen LogP contribution in [0.15, 0.2) is 59.2 Å². The van der Waals surface area contributed by atoms with Gasteiger partial charge in [0.25, 0.3) is 5.91 Å². The fraction of sp³-hybridized carbons (Fsp3) is 0.100. The zero-order chi connectivity index (χ0) is 17.0. The summed E-state index contributed by atoms with van der Waals surface area (Å²) in [6.45, 7) is 0. The molecule has 4 aromatic rings. The molecular weight excluding hydrogens is 332 g/mol. The third-order valence-electron chi connectivity index (χ3n) is 4.64. The van der Waals surface area contributed by atoms with Gasteiger partial charge in [-0.05, 0) is 28.5 Å². The number of hydrogen-bond acceptors (Lipinski definition) is 4. The van der Waals surface area contributed by atoms with Gasteiger partial charge in [0.2, 0.25) is 0 Å². The second kappa shape index (κ2) is 5.29. The lowest BCUT2D eigenvalue weighted by atomic mass is 10.0. The highest BCUT2D eigenvalue weighted by molar-refractivity contribution is 7.16. The zero-order valence-corrected chi connectivity index (χ0v) is 14.3. The van der Waals surface area contributed by atoms with E-state index in [1.165, 1.54) is 33.0 Å². The molecule has 5 rings (SSSR count). The SMILES string of the molecule is CN(C(=O)c1ccco1)c1nc2c(s1)Cc1c-2ccc2ccccc12. The van der Waals surface area contributed by atoms with Crippen molar-refractivity contribution in [3.63, 3.8) is 0 Å². The molecule has 2 aromatic carbocycles. The zero-order valence-electron chi connectivity index (χ0n) is 13.5. The van der Waals surface area contributed by atoms with Crippen molar-refractivity contribution in [2.24, 2.45) is 0 Å². The lowest BCUT2D eigenvalue weighted by Crippen LogP contribution is -2.25. The normalized spacial score (nSPS) is 12.2. The topological polar surface area (TPSA) is 46.3 Å². The van der Waals surface area contributed by atoms with Crippen LogP contribution >= 0.6 is 11.3 Å². The van der Waals surface area contributed by atoms with Gasteiger partial charge in [0, 0.05) is 23.9 Å². The number of fused-ring (bicyclic) bond motifs is 5. The van der Waals surface area contributed by atoms with Gasteiger partial charge < -0.3 is 4.42 Å². The van der Waals surface area contributed by atoms with E-state index in [1.54, 1.807) is 35.4 Å². The van der Waals surface area contributed by atoms with Gasteiger partial charge in [-0.25, -0.2) is 4.98 Å². The first kappa shape index (κ1) is 14.4. The van der Waals surface area contributed by atoms with E-state index in [0.29, 0.717) is 10.9 Å². The van der Waals surface area contributed by atoms with Crippen LogP contribution in [0.4, 0.5) is 5.13 Å². The summed E-state index contributed by atoms with van der Waals surface area (Å²) in [4.78, 5) is 20.0. The van der Waals surface area contributed by atoms with Crippen molar-refractivity contribution in [1.82, 2.24) is 4.98 Å². The van der Waals surface area contributed by atoms with Crippen LogP contribution in [0.3, 0.4) is 0 Å². The first-order chi connectivity index (χ1) is 12.2. The van der Waals surface area contributed by atoms with Gasteiger partial charge >= 0.3 is 0 Å². The fourth-order valence-electron chi connectivity index (χ4n) is 3.37. The van der Waals surface area contributed by atoms with Gasteiger partial charge in [-0.2, -0.15) is 0 Å². The van der Waals surface area contributed by atoms with E-state index >= 15 is 0 Å². The molecule has 1 aliphatic carbocycles. The molecule has 1 aliphatic rings. The molecule has 0 N–H and O–H groups in total. The molecule has 0 aliphatic heterocycles. The molecule has 0 fully saturated rings. The maximum absolute atomic E-state index is 12.5. The summed E-state index contributed by atoms with van der Waals surface area (Å²) in [6.07, 6.45) is 2.37. The number of aromatic nitrogens is 1. The van der Waals surface area contributed by atoms with Crippen LogP contribution in [-0.4, -0.2) is 17.9 Å². The number of rotatable bonds is 2.